The Labute approximate surface area is 249 Å². The molecule has 2 N–H and O–H groups in total. The number of hydrogen-bond donors (Lipinski definition) is 2. The zero-order valence-electron chi connectivity index (χ0n) is 23.9. The van der Waals surface area contributed by atoms with Crippen LogP contribution < -0.4 is 4.74 Å². The van der Waals surface area contributed by atoms with E-state index in [0.717, 1.165) is 53.7 Å². The van der Waals surface area contributed by atoms with E-state index >= 15 is 0 Å². The topological polar surface area (TPSA) is 66.8 Å². The Morgan fingerprint density at radius 1 is 0.738 bits per heavy atom. The lowest BCUT2D eigenvalue weighted by molar-refractivity contribution is 0.0697. The molecule has 0 bridgehead atoms. The Bertz CT molecular complexity index is 1480. The van der Waals surface area contributed by atoms with E-state index in [4.69, 9.17) is 4.74 Å². The Kier molecular flexibility index (Phi) is 11.4. The number of unbranched alkanes of at least 4 members (excludes halogenated alkanes) is 1. The second-order valence-corrected chi connectivity index (χ2v) is 10.4. The van der Waals surface area contributed by atoms with Crippen LogP contribution in [0.2, 0.25) is 0 Å². The maximum absolute atomic E-state index is 11.2. The molecule has 4 rings (SSSR count). The van der Waals surface area contributed by atoms with E-state index < -0.39 is 5.97 Å². The van der Waals surface area contributed by atoms with Gasteiger partial charge in [0.2, 0.25) is 0 Å². The van der Waals surface area contributed by atoms with Crippen molar-refractivity contribution in [2.24, 2.45) is 5.92 Å². The van der Waals surface area contributed by atoms with Gasteiger partial charge in [-0.25, -0.2) is 4.79 Å². The van der Waals surface area contributed by atoms with Crippen LogP contribution in [-0.4, -0.2) is 16.2 Å². The first-order valence-electron chi connectivity index (χ1n) is 14.4. The minimum absolute atomic E-state index is 0.218. The zero-order valence-corrected chi connectivity index (χ0v) is 23.9. The normalized spacial score (nSPS) is 12.0. The summed E-state index contributed by atoms with van der Waals surface area (Å²) in [5.41, 5.74) is 5.79. The van der Waals surface area contributed by atoms with Crippen LogP contribution in [0.4, 0.5) is 0 Å². The van der Waals surface area contributed by atoms with Gasteiger partial charge in [-0.05, 0) is 65.6 Å². The summed E-state index contributed by atoms with van der Waals surface area (Å²) in [6.07, 6.45) is 12.7. The molecule has 1 unspecified atom stereocenters. The highest BCUT2D eigenvalue weighted by atomic mass is 16.5. The van der Waals surface area contributed by atoms with Gasteiger partial charge in [0.25, 0.3) is 0 Å². The molecular weight excluding hydrogens is 520 g/mol. The number of carboxylic acids is 1. The van der Waals surface area contributed by atoms with E-state index in [1.54, 1.807) is 12.1 Å². The Morgan fingerprint density at radius 2 is 1.38 bits per heavy atom. The Balaban J connectivity index is 1.40. The van der Waals surface area contributed by atoms with E-state index in [-0.39, 0.29) is 17.2 Å². The third-order valence-electron chi connectivity index (χ3n) is 7.10. The molecule has 0 heterocycles. The summed E-state index contributed by atoms with van der Waals surface area (Å²) < 4.78 is 6.24. The smallest absolute Gasteiger partial charge is 0.335 e. The molecule has 4 aromatic carbocycles. The molecule has 4 heteroatoms. The zero-order chi connectivity index (χ0) is 29.6. The van der Waals surface area contributed by atoms with Crippen LogP contribution in [-0.2, 0) is 13.0 Å². The van der Waals surface area contributed by atoms with Crippen molar-refractivity contribution in [1.29, 1.82) is 0 Å². The monoisotopic (exact) mass is 558 g/mol. The van der Waals surface area contributed by atoms with Crippen molar-refractivity contribution < 1.29 is 19.7 Å². The number of allylic oxidation sites excluding steroid dienone is 2. The van der Waals surface area contributed by atoms with Gasteiger partial charge in [0.05, 0.1) is 11.3 Å². The number of para-hydroxylation sites is 1. The van der Waals surface area contributed by atoms with E-state index in [0.29, 0.717) is 13.0 Å². The van der Waals surface area contributed by atoms with Crippen LogP contribution in [0.3, 0.4) is 0 Å². The maximum Gasteiger partial charge on any atom is 0.335 e. The van der Waals surface area contributed by atoms with E-state index in [9.17, 15) is 15.0 Å². The molecule has 0 fully saturated rings. The minimum Gasteiger partial charge on any atom is -0.513 e. The third-order valence-corrected chi connectivity index (χ3v) is 7.10. The molecule has 0 radical (unpaired) electrons. The summed E-state index contributed by atoms with van der Waals surface area (Å²) >= 11 is 0. The number of benzene rings is 4. The second-order valence-electron chi connectivity index (χ2n) is 10.4. The molecule has 0 aliphatic heterocycles. The standard InChI is InChI=1S/C38H38O4/c1-29(39)9-5-6-12-32(27-33-22-25-36(26-23-33)38(40)41)21-24-35-13-7-8-14-37(35)42-28-34-19-17-31(18-20-34)16-15-30-10-3-2-4-11-30/h2-4,7-8,10-11,13-26,32,39H,1,5-6,9,12,27-28H2,(H,40,41)/b16-15+,24-21+. The SMILES string of the molecule is C=C(O)CCCCC(/C=C/c1ccccc1OCc1ccc(/C=C/c2ccccc2)cc1)Cc1ccc(C(=O)O)cc1. The first-order chi connectivity index (χ1) is 20.5. The van der Waals surface area contributed by atoms with Gasteiger partial charge in [0, 0.05) is 12.0 Å². The molecular formula is C38H38O4. The lowest BCUT2D eigenvalue weighted by Gasteiger charge is -2.14. The highest BCUT2D eigenvalue weighted by Crippen LogP contribution is 2.25. The molecule has 1 atom stereocenters. The molecule has 0 aliphatic carbocycles. The summed E-state index contributed by atoms with van der Waals surface area (Å²) in [6, 6.07) is 33.8. The first-order valence-corrected chi connectivity index (χ1v) is 14.4. The van der Waals surface area contributed by atoms with E-state index in [1.165, 1.54) is 5.56 Å². The highest BCUT2D eigenvalue weighted by molar-refractivity contribution is 5.87. The fourth-order valence-electron chi connectivity index (χ4n) is 4.72. The number of hydrogen-bond acceptors (Lipinski definition) is 3. The average molecular weight is 559 g/mol. The maximum atomic E-state index is 11.2. The van der Waals surface area contributed by atoms with Crippen molar-refractivity contribution in [2.75, 3.05) is 0 Å². The van der Waals surface area contributed by atoms with Gasteiger partial charge < -0.3 is 14.9 Å². The fraction of sp³-hybridized carbons (Fsp3) is 0.184. The highest BCUT2D eigenvalue weighted by Gasteiger charge is 2.10. The van der Waals surface area contributed by atoms with E-state index in [2.05, 4.69) is 73.3 Å². The first kappa shape index (κ1) is 30.1. The van der Waals surface area contributed by atoms with E-state index in [1.807, 2.05) is 48.5 Å². The number of rotatable bonds is 15. The molecule has 214 valence electrons. The van der Waals surface area contributed by atoms with Crippen LogP contribution in [0.1, 0.15) is 63.9 Å². The molecule has 4 nitrogen and oxygen atoms in total. The van der Waals surface area contributed by atoms with Gasteiger partial charge in [-0.1, -0.05) is 122 Å². The molecule has 42 heavy (non-hydrogen) atoms. The fourth-order valence-corrected chi connectivity index (χ4v) is 4.72. The Morgan fingerprint density at radius 3 is 2.07 bits per heavy atom. The summed E-state index contributed by atoms with van der Waals surface area (Å²) in [6.45, 7) is 4.06. The lowest BCUT2D eigenvalue weighted by Crippen LogP contribution is -2.03. The van der Waals surface area contributed by atoms with Crippen LogP contribution in [0.25, 0.3) is 18.2 Å². The number of carbonyl (C=O) groups is 1. The van der Waals surface area contributed by atoms with Crippen molar-refractivity contribution >= 4 is 24.2 Å². The summed E-state index contributed by atoms with van der Waals surface area (Å²) in [5, 5.41) is 18.7. The second kappa shape index (κ2) is 15.8. The lowest BCUT2D eigenvalue weighted by atomic mass is 9.92. The predicted octanol–water partition coefficient (Wildman–Crippen LogP) is 9.64. The van der Waals surface area contributed by atoms with Crippen molar-refractivity contribution in [3.63, 3.8) is 0 Å². The van der Waals surface area contributed by atoms with Crippen molar-refractivity contribution in [2.45, 2.75) is 38.7 Å². The molecule has 4 aromatic rings. The Hall–Kier alpha value is -4.83. The molecule has 0 saturated heterocycles. The number of aliphatic hydroxyl groups is 1. The van der Waals surface area contributed by atoms with Crippen LogP contribution in [0.5, 0.6) is 5.75 Å². The quantitative estimate of drug-likeness (QED) is 0.0866. The van der Waals surface area contributed by atoms with Gasteiger partial charge >= 0.3 is 5.97 Å². The summed E-state index contributed by atoms with van der Waals surface area (Å²) in [5.74, 6) is 0.366. The molecule has 0 aliphatic rings. The number of carboxylic acid groups (broad SMARTS) is 1. The van der Waals surface area contributed by atoms with Gasteiger partial charge in [0.15, 0.2) is 0 Å². The summed E-state index contributed by atoms with van der Waals surface area (Å²) in [7, 11) is 0. The van der Waals surface area contributed by atoms with Crippen LogP contribution >= 0.6 is 0 Å². The molecule has 0 saturated carbocycles. The molecule has 0 spiro atoms. The molecule has 0 aromatic heterocycles. The van der Waals surface area contributed by atoms with Gasteiger partial charge in [-0.3, -0.25) is 0 Å². The third kappa shape index (κ3) is 9.97. The number of aliphatic hydroxyl groups excluding tert-OH is 1. The minimum atomic E-state index is -0.922. The molecule has 0 amide bonds. The van der Waals surface area contributed by atoms with Gasteiger partial charge in [-0.15, -0.1) is 0 Å². The van der Waals surface area contributed by atoms with Gasteiger partial charge in [0.1, 0.15) is 12.4 Å². The van der Waals surface area contributed by atoms with Crippen LogP contribution in [0, 0.1) is 5.92 Å². The average Bonchev–Trinajstić information content (AvgIpc) is 3.01. The van der Waals surface area contributed by atoms with Crippen molar-refractivity contribution in [3.05, 3.63) is 155 Å². The largest absolute Gasteiger partial charge is 0.513 e. The summed E-state index contributed by atoms with van der Waals surface area (Å²) in [4.78, 5) is 11.2. The number of aromatic carboxylic acids is 1. The predicted molar refractivity (Wildman–Crippen MR) is 172 cm³/mol. The van der Waals surface area contributed by atoms with Crippen molar-refractivity contribution in [3.8, 4) is 5.75 Å². The van der Waals surface area contributed by atoms with Gasteiger partial charge in [-0.2, -0.15) is 0 Å². The number of ether oxygens (including phenoxy) is 1. The van der Waals surface area contributed by atoms with Crippen molar-refractivity contribution in [1.82, 2.24) is 0 Å². The van der Waals surface area contributed by atoms with Crippen LogP contribution in [0.15, 0.2) is 122 Å².